The van der Waals surface area contributed by atoms with Crippen LogP contribution in [0.15, 0.2) is 23.1 Å². The van der Waals surface area contributed by atoms with Crippen LogP contribution in [0.2, 0.25) is 0 Å². The molecule has 8 nitrogen and oxygen atoms in total. The molecule has 0 aliphatic carbocycles. The summed E-state index contributed by atoms with van der Waals surface area (Å²) in [5, 5.41) is 9.96. The topological polar surface area (TPSA) is 78.1 Å². The summed E-state index contributed by atoms with van der Waals surface area (Å²) in [6.45, 7) is 13.1. The first-order valence-electron chi connectivity index (χ1n) is 12.9. The molecule has 4 aliphatic heterocycles. The molecule has 0 radical (unpaired) electrons. The van der Waals surface area contributed by atoms with Crippen LogP contribution < -0.4 is 20.8 Å². The lowest BCUT2D eigenvalue weighted by Gasteiger charge is -2.34. The van der Waals surface area contributed by atoms with Crippen molar-refractivity contribution in [3.8, 4) is 5.75 Å². The van der Waals surface area contributed by atoms with Gasteiger partial charge in [-0.1, -0.05) is 6.07 Å². The fourth-order valence-electron chi connectivity index (χ4n) is 5.31. The van der Waals surface area contributed by atoms with Crippen molar-refractivity contribution in [2.75, 3.05) is 26.4 Å². The summed E-state index contributed by atoms with van der Waals surface area (Å²) < 4.78 is 11.8. The van der Waals surface area contributed by atoms with Gasteiger partial charge in [0, 0.05) is 36.0 Å². The van der Waals surface area contributed by atoms with Gasteiger partial charge in [-0.25, -0.2) is 15.2 Å². The van der Waals surface area contributed by atoms with Crippen molar-refractivity contribution >= 4 is 23.6 Å². The Morgan fingerprint density at radius 1 is 1.23 bits per heavy atom. The quantitative estimate of drug-likeness (QED) is 0.573. The molecule has 4 heterocycles. The standard InChI is InChI=1S/C26H39N5O3S/c1-16(2)31-23(27-15-28-31)24-29-22-19-7-6-18(14-20(19)33-13-10-21(22)35-24)17-8-11-30(12-9-17)25(32)34-26(3,4)5/h6-7,14,16-17,23-24,27-29H,8-13,15H2,1-5H3. The number of amides is 1. The minimum atomic E-state index is -0.460. The lowest BCUT2D eigenvalue weighted by atomic mass is 9.88. The summed E-state index contributed by atoms with van der Waals surface area (Å²) in [4.78, 5) is 15.6. The van der Waals surface area contributed by atoms with Crippen LogP contribution in [0.1, 0.15) is 70.9 Å². The van der Waals surface area contributed by atoms with Gasteiger partial charge >= 0.3 is 6.09 Å². The van der Waals surface area contributed by atoms with Crippen molar-refractivity contribution in [2.24, 2.45) is 0 Å². The molecule has 2 fully saturated rings. The van der Waals surface area contributed by atoms with Gasteiger partial charge in [-0.15, -0.1) is 11.8 Å². The maximum atomic E-state index is 12.4. The van der Waals surface area contributed by atoms with E-state index in [4.69, 9.17) is 9.47 Å². The van der Waals surface area contributed by atoms with E-state index in [2.05, 4.69) is 53.1 Å². The van der Waals surface area contributed by atoms with E-state index >= 15 is 0 Å². The molecule has 5 rings (SSSR count). The molecule has 2 atom stereocenters. The Balaban J connectivity index is 1.26. The Labute approximate surface area is 213 Å². The molecule has 4 aliphatic rings. The third kappa shape index (κ3) is 5.28. The van der Waals surface area contributed by atoms with Gasteiger partial charge in [0.25, 0.3) is 0 Å². The number of carbonyl (C=O) groups is 1. The third-order valence-electron chi connectivity index (χ3n) is 7.03. The number of benzene rings is 1. The highest BCUT2D eigenvalue weighted by atomic mass is 32.2. The number of nitrogens with one attached hydrogen (secondary N) is 3. The average Bonchev–Trinajstić information content (AvgIpc) is 3.42. The number of hydrogen-bond acceptors (Lipinski definition) is 8. The zero-order valence-corrected chi connectivity index (χ0v) is 22.3. The van der Waals surface area contributed by atoms with Gasteiger partial charge in [-0.3, -0.25) is 5.32 Å². The molecule has 1 aromatic carbocycles. The third-order valence-corrected chi connectivity index (χ3v) is 8.35. The van der Waals surface area contributed by atoms with Crippen molar-refractivity contribution < 1.29 is 14.3 Å². The molecule has 35 heavy (non-hydrogen) atoms. The van der Waals surface area contributed by atoms with Crippen LogP contribution in [-0.4, -0.2) is 65.5 Å². The molecule has 0 saturated carbocycles. The van der Waals surface area contributed by atoms with Crippen LogP contribution in [0, 0.1) is 0 Å². The number of thioether (sulfide) groups is 1. The second-order valence-electron chi connectivity index (χ2n) is 11.1. The molecule has 192 valence electrons. The summed E-state index contributed by atoms with van der Waals surface area (Å²) in [6, 6.07) is 7.12. The summed E-state index contributed by atoms with van der Waals surface area (Å²) in [7, 11) is 0. The highest BCUT2D eigenvalue weighted by molar-refractivity contribution is 8.04. The number of piperidine rings is 1. The van der Waals surface area contributed by atoms with Crippen molar-refractivity contribution in [3.63, 3.8) is 0 Å². The maximum absolute atomic E-state index is 12.4. The number of ether oxygens (including phenoxy) is 2. The van der Waals surface area contributed by atoms with E-state index in [9.17, 15) is 4.79 Å². The molecule has 0 bridgehead atoms. The van der Waals surface area contributed by atoms with Crippen LogP contribution in [0.25, 0.3) is 5.70 Å². The fourth-order valence-corrected chi connectivity index (χ4v) is 6.64. The lowest BCUT2D eigenvalue weighted by Crippen LogP contribution is -2.52. The second-order valence-corrected chi connectivity index (χ2v) is 12.3. The van der Waals surface area contributed by atoms with Crippen LogP contribution in [0.4, 0.5) is 4.79 Å². The Bertz CT molecular complexity index is 984. The SMILES string of the molecule is CC(C)N1NCNC1C1NC2=C(CCOc3cc(C4CCN(C(=O)OC(C)(C)C)CC4)ccc32)S1. The molecule has 1 amide bonds. The van der Waals surface area contributed by atoms with Crippen LogP contribution >= 0.6 is 11.8 Å². The smallest absolute Gasteiger partial charge is 0.410 e. The van der Waals surface area contributed by atoms with E-state index in [0.717, 1.165) is 50.3 Å². The molecule has 3 N–H and O–H groups in total. The van der Waals surface area contributed by atoms with Gasteiger partial charge < -0.3 is 19.7 Å². The highest BCUT2D eigenvalue weighted by Gasteiger charge is 2.39. The Morgan fingerprint density at radius 3 is 2.71 bits per heavy atom. The van der Waals surface area contributed by atoms with Crippen LogP contribution in [-0.2, 0) is 4.74 Å². The lowest BCUT2D eigenvalue weighted by molar-refractivity contribution is 0.0204. The van der Waals surface area contributed by atoms with E-state index < -0.39 is 5.60 Å². The van der Waals surface area contributed by atoms with Crippen LogP contribution in [0.3, 0.4) is 0 Å². The number of hydrogen-bond donors (Lipinski definition) is 3. The number of nitrogens with zero attached hydrogens (tertiary/aromatic N) is 2. The number of rotatable bonds is 3. The number of likely N-dealkylation sites (tertiary alicyclic amines) is 1. The summed E-state index contributed by atoms with van der Waals surface area (Å²) in [5.41, 5.74) is 6.67. The zero-order valence-electron chi connectivity index (χ0n) is 21.5. The number of carbonyl (C=O) groups excluding carboxylic acids is 1. The van der Waals surface area contributed by atoms with Crippen molar-refractivity contribution in [2.45, 2.75) is 83.0 Å². The number of fused-ring (bicyclic) bond motifs is 2. The first-order chi connectivity index (χ1) is 16.7. The second kappa shape index (κ2) is 9.84. The van der Waals surface area contributed by atoms with Crippen molar-refractivity contribution in [1.82, 2.24) is 26.0 Å². The Morgan fingerprint density at radius 2 is 2.00 bits per heavy atom. The number of hydrazine groups is 1. The van der Waals surface area contributed by atoms with Crippen molar-refractivity contribution in [1.29, 1.82) is 0 Å². The van der Waals surface area contributed by atoms with Crippen molar-refractivity contribution in [3.05, 3.63) is 34.2 Å². The molecular formula is C26H39N5O3S. The molecule has 0 spiro atoms. The van der Waals surface area contributed by atoms with E-state index in [-0.39, 0.29) is 17.6 Å². The first kappa shape index (κ1) is 24.7. The molecule has 9 heteroatoms. The minimum absolute atomic E-state index is 0.206. The van der Waals surface area contributed by atoms with Gasteiger partial charge in [0.1, 0.15) is 22.9 Å². The molecule has 2 saturated heterocycles. The van der Waals surface area contributed by atoms with Gasteiger partial charge in [-0.05, 0) is 71.1 Å². The minimum Gasteiger partial charge on any atom is -0.493 e. The van der Waals surface area contributed by atoms with Crippen LogP contribution in [0.5, 0.6) is 5.75 Å². The predicted molar refractivity (Wildman–Crippen MR) is 140 cm³/mol. The fraction of sp³-hybridized carbons (Fsp3) is 0.654. The molecule has 2 unspecified atom stereocenters. The molecular weight excluding hydrogens is 462 g/mol. The Kier molecular flexibility index (Phi) is 6.96. The molecule has 0 aromatic heterocycles. The Hall–Kier alpha value is -1.94. The average molecular weight is 502 g/mol. The van der Waals surface area contributed by atoms with Gasteiger partial charge in [-0.2, -0.15) is 0 Å². The normalized spacial score (nSPS) is 25.7. The largest absolute Gasteiger partial charge is 0.493 e. The first-order valence-corrected chi connectivity index (χ1v) is 13.7. The summed E-state index contributed by atoms with van der Waals surface area (Å²) >= 11 is 1.92. The van der Waals surface area contributed by atoms with Gasteiger partial charge in [0.2, 0.25) is 0 Å². The van der Waals surface area contributed by atoms with E-state index in [1.807, 2.05) is 37.4 Å². The summed E-state index contributed by atoms with van der Waals surface area (Å²) in [5.74, 6) is 1.39. The maximum Gasteiger partial charge on any atom is 0.410 e. The van der Waals surface area contributed by atoms with E-state index in [0.29, 0.717) is 18.6 Å². The molecule has 1 aromatic rings. The summed E-state index contributed by atoms with van der Waals surface area (Å²) in [6.07, 6.45) is 2.82. The highest BCUT2D eigenvalue weighted by Crippen LogP contribution is 2.45. The van der Waals surface area contributed by atoms with Gasteiger partial charge in [0.15, 0.2) is 0 Å². The monoisotopic (exact) mass is 501 g/mol. The van der Waals surface area contributed by atoms with Gasteiger partial charge in [0.05, 0.1) is 19.0 Å². The van der Waals surface area contributed by atoms with E-state index in [1.54, 1.807) is 0 Å². The zero-order chi connectivity index (χ0) is 24.7. The predicted octanol–water partition coefficient (Wildman–Crippen LogP) is 4.02. The van der Waals surface area contributed by atoms with E-state index in [1.165, 1.54) is 16.2 Å².